The fraction of sp³-hybridized carbons (Fsp3) is 0.684. The van der Waals surface area contributed by atoms with Gasteiger partial charge in [-0.2, -0.15) is 0 Å². The Morgan fingerprint density at radius 2 is 1.88 bits per heavy atom. The van der Waals surface area contributed by atoms with Crippen LogP contribution >= 0.6 is 0 Å². The standard InChI is InChI=1S/C19H31NO4/c1-8-23-14(2)17(21-7)16-10-9-15(24-16)11-20-18(3,4)12-22-13-19(20,5)6/h9-10,17H,2,8,11-13H2,1,3-7H3. The fourth-order valence-corrected chi connectivity index (χ4v) is 3.40. The number of furan rings is 1. The van der Waals surface area contributed by atoms with Crippen molar-refractivity contribution < 1.29 is 18.6 Å². The number of rotatable bonds is 7. The number of hydrogen-bond acceptors (Lipinski definition) is 5. The predicted octanol–water partition coefficient (Wildman–Crippen LogP) is 3.91. The second-order valence-electron chi connectivity index (χ2n) is 7.52. The molecule has 0 radical (unpaired) electrons. The van der Waals surface area contributed by atoms with Crippen LogP contribution in [0.15, 0.2) is 28.9 Å². The van der Waals surface area contributed by atoms with E-state index in [0.29, 0.717) is 25.6 Å². The minimum atomic E-state index is -0.385. The van der Waals surface area contributed by atoms with Crippen LogP contribution < -0.4 is 0 Å². The zero-order valence-corrected chi connectivity index (χ0v) is 15.8. The Morgan fingerprint density at radius 1 is 1.25 bits per heavy atom. The van der Waals surface area contributed by atoms with Crippen molar-refractivity contribution in [2.45, 2.75) is 58.3 Å². The largest absolute Gasteiger partial charge is 0.496 e. The molecule has 0 aliphatic carbocycles. The summed E-state index contributed by atoms with van der Waals surface area (Å²) >= 11 is 0. The molecule has 5 heteroatoms. The summed E-state index contributed by atoms with van der Waals surface area (Å²) in [7, 11) is 1.63. The Hall–Kier alpha value is -1.30. The van der Waals surface area contributed by atoms with Crippen LogP contribution in [0.3, 0.4) is 0 Å². The number of methoxy groups -OCH3 is 1. The van der Waals surface area contributed by atoms with Gasteiger partial charge < -0.3 is 18.6 Å². The zero-order chi connectivity index (χ0) is 18.0. The van der Waals surface area contributed by atoms with E-state index in [0.717, 1.165) is 18.1 Å². The van der Waals surface area contributed by atoms with Crippen molar-refractivity contribution in [3.8, 4) is 0 Å². The van der Waals surface area contributed by atoms with E-state index in [1.807, 2.05) is 19.1 Å². The van der Waals surface area contributed by atoms with Gasteiger partial charge in [-0.25, -0.2) is 0 Å². The molecule has 1 atom stereocenters. The van der Waals surface area contributed by atoms with Crippen LogP contribution in [0, 0.1) is 0 Å². The van der Waals surface area contributed by atoms with Gasteiger partial charge in [-0.1, -0.05) is 6.58 Å². The number of ether oxygens (including phenoxy) is 3. The SMILES string of the molecule is C=C(OCC)C(OC)c1ccc(CN2C(C)(C)COCC2(C)C)o1. The van der Waals surface area contributed by atoms with Gasteiger partial charge in [-0.15, -0.1) is 0 Å². The summed E-state index contributed by atoms with van der Waals surface area (Å²) < 4.78 is 22.8. The monoisotopic (exact) mass is 337 g/mol. The van der Waals surface area contributed by atoms with Crippen LogP contribution in [0.2, 0.25) is 0 Å². The molecule has 1 aliphatic rings. The number of hydrogen-bond donors (Lipinski definition) is 0. The minimum Gasteiger partial charge on any atom is -0.496 e. The fourth-order valence-electron chi connectivity index (χ4n) is 3.40. The van der Waals surface area contributed by atoms with Crippen molar-refractivity contribution >= 4 is 0 Å². The predicted molar refractivity (Wildman–Crippen MR) is 93.7 cm³/mol. The molecular formula is C19H31NO4. The van der Waals surface area contributed by atoms with Gasteiger partial charge in [0.15, 0.2) is 6.10 Å². The van der Waals surface area contributed by atoms with Crippen LogP contribution in [-0.2, 0) is 20.8 Å². The smallest absolute Gasteiger partial charge is 0.171 e. The summed E-state index contributed by atoms with van der Waals surface area (Å²) in [5, 5.41) is 0. The molecule has 0 aromatic carbocycles. The van der Waals surface area contributed by atoms with Crippen molar-refractivity contribution in [3.63, 3.8) is 0 Å². The topological polar surface area (TPSA) is 44.1 Å². The first-order valence-electron chi connectivity index (χ1n) is 8.50. The quantitative estimate of drug-likeness (QED) is 0.706. The van der Waals surface area contributed by atoms with E-state index in [4.69, 9.17) is 18.6 Å². The highest BCUT2D eigenvalue weighted by Crippen LogP contribution is 2.34. The molecule has 0 spiro atoms. The normalized spacial score (nSPS) is 21.4. The summed E-state index contributed by atoms with van der Waals surface area (Å²) in [4.78, 5) is 2.44. The molecule has 1 aromatic rings. The van der Waals surface area contributed by atoms with E-state index in [1.165, 1.54) is 0 Å². The molecule has 0 bridgehead atoms. The molecule has 1 aliphatic heterocycles. The van der Waals surface area contributed by atoms with Gasteiger partial charge in [-0.3, -0.25) is 4.90 Å². The van der Waals surface area contributed by atoms with Gasteiger partial charge in [0.2, 0.25) is 0 Å². The van der Waals surface area contributed by atoms with Gasteiger partial charge >= 0.3 is 0 Å². The van der Waals surface area contributed by atoms with Crippen LogP contribution in [-0.4, -0.2) is 42.9 Å². The Labute approximate surface area is 145 Å². The summed E-state index contributed by atoms with van der Waals surface area (Å²) in [6.07, 6.45) is -0.385. The third kappa shape index (κ3) is 4.02. The van der Waals surface area contributed by atoms with Crippen molar-refractivity contribution in [1.82, 2.24) is 4.90 Å². The van der Waals surface area contributed by atoms with Crippen LogP contribution in [0.5, 0.6) is 0 Å². The molecule has 0 N–H and O–H groups in total. The first-order valence-corrected chi connectivity index (χ1v) is 8.50. The van der Waals surface area contributed by atoms with E-state index < -0.39 is 0 Å². The Bertz CT molecular complexity index is 545. The van der Waals surface area contributed by atoms with Crippen LogP contribution in [0.25, 0.3) is 0 Å². The molecule has 0 saturated carbocycles. The molecule has 136 valence electrons. The number of nitrogens with zero attached hydrogens (tertiary/aromatic N) is 1. The average molecular weight is 337 g/mol. The van der Waals surface area contributed by atoms with Gasteiger partial charge in [0.25, 0.3) is 0 Å². The van der Waals surface area contributed by atoms with Gasteiger partial charge in [0.05, 0.1) is 26.4 Å². The zero-order valence-electron chi connectivity index (χ0n) is 15.8. The molecular weight excluding hydrogens is 306 g/mol. The Balaban J connectivity index is 2.16. The van der Waals surface area contributed by atoms with Crippen molar-refractivity contribution in [1.29, 1.82) is 0 Å². The van der Waals surface area contributed by atoms with Crippen molar-refractivity contribution in [2.24, 2.45) is 0 Å². The van der Waals surface area contributed by atoms with E-state index in [1.54, 1.807) is 7.11 Å². The first kappa shape index (κ1) is 19.0. The molecule has 1 fully saturated rings. The van der Waals surface area contributed by atoms with Crippen LogP contribution in [0.4, 0.5) is 0 Å². The maximum atomic E-state index is 6.05. The lowest BCUT2D eigenvalue weighted by Crippen LogP contribution is -2.62. The number of morpholine rings is 1. The molecule has 1 saturated heterocycles. The second-order valence-corrected chi connectivity index (χ2v) is 7.52. The first-order chi connectivity index (χ1) is 11.2. The Kier molecular flexibility index (Phi) is 5.78. The van der Waals surface area contributed by atoms with E-state index in [2.05, 4.69) is 39.2 Å². The lowest BCUT2D eigenvalue weighted by atomic mass is 9.91. The molecule has 1 aromatic heterocycles. The van der Waals surface area contributed by atoms with Gasteiger partial charge in [0.1, 0.15) is 17.3 Å². The summed E-state index contributed by atoms with van der Waals surface area (Å²) in [5.74, 6) is 2.18. The highest BCUT2D eigenvalue weighted by Gasteiger charge is 2.42. The summed E-state index contributed by atoms with van der Waals surface area (Å²) in [6.45, 7) is 17.4. The van der Waals surface area contributed by atoms with Crippen LogP contribution in [0.1, 0.15) is 52.2 Å². The van der Waals surface area contributed by atoms with Crippen molar-refractivity contribution in [2.75, 3.05) is 26.9 Å². The highest BCUT2D eigenvalue weighted by molar-refractivity contribution is 5.16. The maximum absolute atomic E-state index is 6.05. The lowest BCUT2D eigenvalue weighted by Gasteiger charge is -2.52. The molecule has 24 heavy (non-hydrogen) atoms. The van der Waals surface area contributed by atoms with Crippen molar-refractivity contribution in [3.05, 3.63) is 36.0 Å². The van der Waals surface area contributed by atoms with E-state index in [9.17, 15) is 0 Å². The average Bonchev–Trinajstić information content (AvgIpc) is 2.92. The maximum Gasteiger partial charge on any atom is 0.171 e. The molecule has 2 heterocycles. The van der Waals surface area contributed by atoms with E-state index in [-0.39, 0.29) is 17.2 Å². The lowest BCUT2D eigenvalue weighted by molar-refractivity contribution is -0.133. The molecule has 1 unspecified atom stereocenters. The van der Waals surface area contributed by atoms with Gasteiger partial charge in [-0.05, 0) is 46.8 Å². The Morgan fingerprint density at radius 3 is 2.42 bits per heavy atom. The highest BCUT2D eigenvalue weighted by atomic mass is 16.5. The molecule has 5 nitrogen and oxygen atoms in total. The van der Waals surface area contributed by atoms with E-state index >= 15 is 0 Å². The third-order valence-corrected chi connectivity index (χ3v) is 4.48. The summed E-state index contributed by atoms with van der Waals surface area (Å²) in [5.41, 5.74) is -0.103. The third-order valence-electron chi connectivity index (χ3n) is 4.48. The van der Waals surface area contributed by atoms with Gasteiger partial charge in [0, 0.05) is 18.2 Å². The summed E-state index contributed by atoms with van der Waals surface area (Å²) in [6, 6.07) is 3.94. The molecule has 2 rings (SSSR count). The minimum absolute atomic E-state index is 0.0513. The molecule has 0 amide bonds. The second kappa shape index (κ2) is 7.30.